The smallest absolute Gasteiger partial charge is 0.0544 e. The minimum Gasteiger partial charge on any atom is -0.381 e. The highest BCUT2D eigenvalue weighted by Crippen LogP contribution is 2.23. The molecule has 0 aliphatic rings. The molecule has 1 rings (SSSR count). The Kier molecular flexibility index (Phi) is 8.76. The number of ether oxygens (including phenoxy) is 1. The van der Waals surface area contributed by atoms with E-state index < -0.39 is 0 Å². The van der Waals surface area contributed by atoms with Crippen LogP contribution in [0.15, 0.2) is 11.4 Å². The van der Waals surface area contributed by atoms with E-state index in [1.807, 2.05) is 6.07 Å². The lowest BCUT2D eigenvalue weighted by molar-refractivity contribution is 0.126. The Labute approximate surface area is 114 Å². The van der Waals surface area contributed by atoms with Crippen molar-refractivity contribution < 1.29 is 4.74 Å². The molecule has 0 unspecified atom stereocenters. The van der Waals surface area contributed by atoms with Gasteiger partial charge in [-0.2, -0.15) is 0 Å². The summed E-state index contributed by atoms with van der Waals surface area (Å²) >= 11 is 7.80. The highest BCUT2D eigenvalue weighted by Gasteiger charge is 2.00. The molecule has 0 aliphatic heterocycles. The van der Waals surface area contributed by atoms with Gasteiger partial charge >= 0.3 is 0 Å². The normalized spacial score (nSPS) is 10.9. The maximum Gasteiger partial charge on any atom is 0.0544 e. The average Bonchev–Trinajstić information content (AvgIpc) is 2.73. The molecule has 0 N–H and O–H groups in total. The summed E-state index contributed by atoms with van der Waals surface area (Å²) in [4.78, 5) is 1.33. The summed E-state index contributed by atoms with van der Waals surface area (Å²) in [5.41, 5.74) is 0. The van der Waals surface area contributed by atoms with Gasteiger partial charge in [-0.05, 0) is 37.1 Å². The average molecular weight is 275 g/mol. The van der Waals surface area contributed by atoms with Crippen LogP contribution >= 0.6 is 22.9 Å². The van der Waals surface area contributed by atoms with Gasteiger partial charge in [0.1, 0.15) is 0 Å². The molecule has 0 saturated carbocycles. The topological polar surface area (TPSA) is 9.23 Å². The van der Waals surface area contributed by atoms with Crippen molar-refractivity contribution in [3.05, 3.63) is 21.3 Å². The Hall–Kier alpha value is -0.0500. The van der Waals surface area contributed by atoms with Gasteiger partial charge in [0.2, 0.25) is 0 Å². The maximum absolute atomic E-state index is 6.04. The van der Waals surface area contributed by atoms with Crippen molar-refractivity contribution in [2.24, 2.45) is 0 Å². The molecule has 0 fully saturated rings. The Morgan fingerprint density at radius 2 is 1.88 bits per heavy atom. The summed E-state index contributed by atoms with van der Waals surface area (Å²) < 4.78 is 5.57. The molecule has 3 heteroatoms. The van der Waals surface area contributed by atoms with E-state index in [0.717, 1.165) is 24.7 Å². The summed E-state index contributed by atoms with van der Waals surface area (Å²) in [6.07, 6.45) is 8.52. The molecule has 1 aromatic heterocycles. The Morgan fingerprint density at radius 3 is 2.53 bits per heavy atom. The second kappa shape index (κ2) is 9.93. The van der Waals surface area contributed by atoms with Crippen LogP contribution in [0.2, 0.25) is 5.02 Å². The molecule has 17 heavy (non-hydrogen) atoms. The number of hydrogen-bond acceptors (Lipinski definition) is 2. The third-order valence-electron chi connectivity index (χ3n) is 2.78. The fourth-order valence-corrected chi connectivity index (χ4v) is 2.90. The van der Waals surface area contributed by atoms with Crippen molar-refractivity contribution in [1.29, 1.82) is 0 Å². The first-order valence-electron chi connectivity index (χ1n) is 6.64. The zero-order valence-corrected chi connectivity index (χ0v) is 12.3. The molecule has 0 bridgehead atoms. The van der Waals surface area contributed by atoms with Crippen molar-refractivity contribution in [1.82, 2.24) is 0 Å². The number of thiophene rings is 1. The van der Waals surface area contributed by atoms with Crippen molar-refractivity contribution in [3.63, 3.8) is 0 Å². The van der Waals surface area contributed by atoms with E-state index >= 15 is 0 Å². The van der Waals surface area contributed by atoms with Crippen molar-refractivity contribution in [2.75, 3.05) is 13.2 Å². The van der Waals surface area contributed by atoms with E-state index in [1.165, 1.54) is 43.4 Å². The molecule has 0 amide bonds. The largest absolute Gasteiger partial charge is 0.381 e. The standard InChI is InChI=1S/C14H23ClOS/c1-2-3-6-10-16-11-7-4-5-8-14-13(15)9-12-17-14/h9,12H,2-8,10-11H2,1H3. The number of halogens is 1. The Morgan fingerprint density at radius 1 is 1.12 bits per heavy atom. The molecular formula is C14H23ClOS. The lowest BCUT2D eigenvalue weighted by Crippen LogP contribution is -1.97. The number of hydrogen-bond donors (Lipinski definition) is 0. The fourth-order valence-electron chi connectivity index (χ4n) is 1.73. The van der Waals surface area contributed by atoms with E-state index in [4.69, 9.17) is 16.3 Å². The van der Waals surface area contributed by atoms with Crippen LogP contribution < -0.4 is 0 Å². The second-order valence-corrected chi connectivity index (χ2v) is 5.73. The van der Waals surface area contributed by atoms with Crippen LogP contribution in [0, 0.1) is 0 Å². The van der Waals surface area contributed by atoms with E-state index in [-0.39, 0.29) is 0 Å². The first-order valence-corrected chi connectivity index (χ1v) is 7.90. The molecule has 0 radical (unpaired) electrons. The summed E-state index contributed by atoms with van der Waals surface area (Å²) in [7, 11) is 0. The van der Waals surface area contributed by atoms with Gasteiger partial charge in [-0.3, -0.25) is 0 Å². The van der Waals surface area contributed by atoms with Crippen LogP contribution in [0.5, 0.6) is 0 Å². The van der Waals surface area contributed by atoms with Crippen molar-refractivity contribution >= 4 is 22.9 Å². The van der Waals surface area contributed by atoms with Crippen LogP contribution in [0.25, 0.3) is 0 Å². The molecule has 0 atom stereocenters. The van der Waals surface area contributed by atoms with Gasteiger partial charge in [0.25, 0.3) is 0 Å². The van der Waals surface area contributed by atoms with Gasteiger partial charge in [0.15, 0.2) is 0 Å². The van der Waals surface area contributed by atoms with Crippen molar-refractivity contribution in [2.45, 2.75) is 51.9 Å². The third-order valence-corrected chi connectivity index (χ3v) is 4.22. The number of rotatable bonds is 10. The lowest BCUT2D eigenvalue weighted by atomic mass is 10.2. The van der Waals surface area contributed by atoms with Crippen LogP contribution in [0.4, 0.5) is 0 Å². The zero-order valence-electron chi connectivity index (χ0n) is 10.7. The molecule has 0 spiro atoms. The van der Waals surface area contributed by atoms with Crippen LogP contribution in [-0.2, 0) is 11.2 Å². The van der Waals surface area contributed by atoms with Gasteiger partial charge in [0, 0.05) is 18.1 Å². The lowest BCUT2D eigenvalue weighted by Gasteiger charge is -2.03. The zero-order chi connectivity index (χ0) is 12.3. The number of unbranched alkanes of at least 4 members (excludes halogenated alkanes) is 4. The Bertz CT molecular complexity index is 286. The fraction of sp³-hybridized carbons (Fsp3) is 0.714. The van der Waals surface area contributed by atoms with E-state index in [0.29, 0.717) is 0 Å². The summed E-state index contributed by atoms with van der Waals surface area (Å²) in [6, 6.07) is 1.98. The quantitative estimate of drug-likeness (QED) is 0.525. The van der Waals surface area contributed by atoms with Crippen LogP contribution in [0.3, 0.4) is 0 Å². The Balaban J connectivity index is 1.86. The van der Waals surface area contributed by atoms with Crippen LogP contribution in [0.1, 0.15) is 50.3 Å². The van der Waals surface area contributed by atoms with Crippen molar-refractivity contribution in [3.8, 4) is 0 Å². The second-order valence-electron chi connectivity index (χ2n) is 4.32. The first kappa shape index (κ1) is 15.0. The molecule has 0 aliphatic carbocycles. The predicted molar refractivity (Wildman–Crippen MR) is 77.2 cm³/mol. The first-order chi connectivity index (χ1) is 8.34. The number of aryl methyl sites for hydroxylation is 1. The minimum absolute atomic E-state index is 0.919. The summed E-state index contributed by atoms with van der Waals surface area (Å²) in [5, 5.41) is 3.00. The van der Waals surface area contributed by atoms with E-state index in [9.17, 15) is 0 Å². The molecule has 98 valence electrons. The molecular weight excluding hydrogens is 252 g/mol. The third kappa shape index (κ3) is 7.07. The maximum atomic E-state index is 6.04. The van der Waals surface area contributed by atoms with Gasteiger partial charge in [-0.15, -0.1) is 11.3 Å². The van der Waals surface area contributed by atoms with Gasteiger partial charge in [0.05, 0.1) is 5.02 Å². The molecule has 0 aromatic carbocycles. The highest BCUT2D eigenvalue weighted by atomic mass is 35.5. The van der Waals surface area contributed by atoms with Gasteiger partial charge in [-0.25, -0.2) is 0 Å². The molecule has 1 aromatic rings. The molecule has 1 heterocycles. The molecule has 0 saturated heterocycles. The SMILES string of the molecule is CCCCCOCCCCCc1sccc1Cl. The van der Waals surface area contributed by atoms with E-state index in [2.05, 4.69) is 12.3 Å². The van der Waals surface area contributed by atoms with E-state index in [1.54, 1.807) is 11.3 Å². The summed E-state index contributed by atoms with van der Waals surface area (Å²) in [6.45, 7) is 4.07. The van der Waals surface area contributed by atoms with Gasteiger partial charge in [-0.1, -0.05) is 37.8 Å². The van der Waals surface area contributed by atoms with Gasteiger partial charge < -0.3 is 4.74 Å². The highest BCUT2D eigenvalue weighted by molar-refractivity contribution is 7.10. The monoisotopic (exact) mass is 274 g/mol. The summed E-state index contributed by atoms with van der Waals surface area (Å²) in [5.74, 6) is 0. The molecule has 1 nitrogen and oxygen atoms in total. The minimum atomic E-state index is 0.919. The predicted octanol–water partition coefficient (Wildman–Crippen LogP) is 5.32. The van der Waals surface area contributed by atoms with Crippen LogP contribution in [-0.4, -0.2) is 13.2 Å².